The Bertz CT molecular complexity index is 1490. The number of benzene rings is 2. The molecule has 0 bridgehead atoms. The average molecular weight is 577 g/mol. The second-order valence-electron chi connectivity index (χ2n) is 11.1. The predicted molar refractivity (Wildman–Crippen MR) is 158 cm³/mol. The van der Waals surface area contributed by atoms with Gasteiger partial charge in [0.25, 0.3) is 0 Å². The fourth-order valence-electron chi connectivity index (χ4n) is 4.95. The van der Waals surface area contributed by atoms with Crippen LogP contribution >= 0.6 is 11.6 Å². The number of piperidine rings is 1. The van der Waals surface area contributed by atoms with Crippen molar-refractivity contribution >= 4 is 34.9 Å². The maximum absolute atomic E-state index is 13.8. The number of aromatic nitrogens is 1. The molecule has 1 aromatic heterocycles. The summed E-state index contributed by atoms with van der Waals surface area (Å²) in [6.45, 7) is 5.78. The molecule has 0 saturated carbocycles. The van der Waals surface area contributed by atoms with E-state index in [-0.39, 0.29) is 47.3 Å². The smallest absolute Gasteiger partial charge is 0.410 e. The van der Waals surface area contributed by atoms with Gasteiger partial charge in [0.15, 0.2) is 0 Å². The zero-order valence-corrected chi connectivity index (χ0v) is 24.0. The molecule has 10 heteroatoms. The molecular weight excluding hydrogens is 544 g/mol. The molecule has 0 aliphatic carbocycles. The van der Waals surface area contributed by atoms with E-state index in [1.807, 2.05) is 36.4 Å². The molecular formula is C31H33ClN4O5. The largest absolute Gasteiger partial charge is 0.457 e. The third-order valence-electron chi connectivity index (χ3n) is 6.92. The molecule has 214 valence electrons. The number of nitrogens with one attached hydrogen (secondary N) is 1. The molecule has 0 spiro atoms. The number of carbonyl (C=O) groups excluding carboxylic acids is 2. The van der Waals surface area contributed by atoms with Crippen LogP contribution in [0.2, 0.25) is 5.02 Å². The highest BCUT2D eigenvalue weighted by Gasteiger charge is 2.36. The second kappa shape index (κ2) is 11.9. The van der Waals surface area contributed by atoms with E-state index in [2.05, 4.69) is 9.98 Å². The van der Waals surface area contributed by atoms with E-state index in [0.29, 0.717) is 36.6 Å². The number of halogens is 1. The second-order valence-corrected chi connectivity index (χ2v) is 11.5. The van der Waals surface area contributed by atoms with Crippen molar-refractivity contribution in [3.63, 3.8) is 0 Å². The number of hydrogen-bond donors (Lipinski definition) is 2. The molecule has 5 rings (SSSR count). The normalized spacial score (nSPS) is 19.9. The van der Waals surface area contributed by atoms with Crippen molar-refractivity contribution < 1.29 is 24.2 Å². The molecule has 0 radical (unpaired) electrons. The van der Waals surface area contributed by atoms with Crippen molar-refractivity contribution in [3.05, 3.63) is 82.6 Å². The summed E-state index contributed by atoms with van der Waals surface area (Å²) < 4.78 is 11.4. The van der Waals surface area contributed by atoms with Gasteiger partial charge in [0.1, 0.15) is 22.8 Å². The van der Waals surface area contributed by atoms with Crippen LogP contribution < -0.4 is 4.74 Å². The van der Waals surface area contributed by atoms with E-state index >= 15 is 0 Å². The molecule has 3 heterocycles. The first kappa shape index (κ1) is 28.6. The zero-order valence-electron chi connectivity index (χ0n) is 23.3. The van der Waals surface area contributed by atoms with E-state index in [9.17, 15) is 14.7 Å². The maximum Gasteiger partial charge on any atom is 0.410 e. The summed E-state index contributed by atoms with van der Waals surface area (Å²) in [5, 5.41) is 10.2. The number of rotatable bonds is 6. The van der Waals surface area contributed by atoms with Gasteiger partial charge in [0.2, 0.25) is 5.78 Å². The first-order chi connectivity index (χ1) is 19.6. The number of ether oxygens (including phenoxy) is 2. The van der Waals surface area contributed by atoms with Crippen LogP contribution in [-0.2, 0) is 11.3 Å². The molecule has 3 aromatic rings. The van der Waals surface area contributed by atoms with Crippen LogP contribution in [0.1, 0.15) is 55.2 Å². The van der Waals surface area contributed by atoms with Gasteiger partial charge < -0.3 is 24.5 Å². The Morgan fingerprint density at radius 3 is 2.61 bits per heavy atom. The lowest BCUT2D eigenvalue weighted by Crippen LogP contribution is -2.51. The minimum atomic E-state index is -0.674. The topological polar surface area (TPSA) is 117 Å². The molecule has 1 amide bonds. The van der Waals surface area contributed by atoms with Crippen molar-refractivity contribution in [2.75, 3.05) is 13.2 Å². The van der Waals surface area contributed by atoms with Gasteiger partial charge in [-0.3, -0.25) is 14.8 Å². The van der Waals surface area contributed by atoms with Gasteiger partial charge in [-0.1, -0.05) is 29.8 Å². The van der Waals surface area contributed by atoms with E-state index < -0.39 is 11.7 Å². The van der Waals surface area contributed by atoms with E-state index in [4.69, 9.17) is 26.1 Å². The Kier molecular flexibility index (Phi) is 8.28. The van der Waals surface area contributed by atoms with E-state index in [1.54, 1.807) is 45.2 Å². The molecule has 1 fully saturated rings. The van der Waals surface area contributed by atoms with Crippen LogP contribution in [-0.4, -0.2) is 69.1 Å². The van der Waals surface area contributed by atoms with Gasteiger partial charge in [0, 0.05) is 35.6 Å². The molecule has 2 N–H and O–H groups in total. The number of amides is 1. The highest BCUT2D eigenvalue weighted by molar-refractivity contribution is 6.74. The first-order valence-corrected chi connectivity index (χ1v) is 14.0. The maximum atomic E-state index is 13.8. The SMILES string of the molecule is CC(C)(C)OC(=O)N1CC(N=C2C(C(=O)c3ccc(Oc4ccccc4)cc3Cl)=NCc3[nH]ccc32)CCC1CO. The summed E-state index contributed by atoms with van der Waals surface area (Å²) >= 11 is 6.58. The molecule has 2 aliphatic heterocycles. The fourth-order valence-corrected chi connectivity index (χ4v) is 5.21. The predicted octanol–water partition coefficient (Wildman–Crippen LogP) is 5.85. The number of hydrogen-bond acceptors (Lipinski definition) is 7. The molecule has 1 saturated heterocycles. The number of ketones is 1. The number of aliphatic hydroxyl groups is 1. The van der Waals surface area contributed by atoms with Crippen molar-refractivity contribution in [1.82, 2.24) is 9.88 Å². The third-order valence-corrected chi connectivity index (χ3v) is 7.23. The van der Waals surface area contributed by atoms with E-state index in [1.165, 1.54) is 4.90 Å². The number of nitrogens with zero attached hydrogens (tertiary/aromatic N) is 3. The van der Waals surface area contributed by atoms with Gasteiger partial charge in [0.05, 0.1) is 36.0 Å². The monoisotopic (exact) mass is 576 g/mol. The van der Waals surface area contributed by atoms with Crippen LogP contribution in [0.25, 0.3) is 0 Å². The van der Waals surface area contributed by atoms with Gasteiger partial charge in [-0.2, -0.15) is 0 Å². The third kappa shape index (κ3) is 6.52. The lowest BCUT2D eigenvalue weighted by molar-refractivity contribution is -0.000514. The number of carbonyl (C=O) groups is 2. The number of likely N-dealkylation sites (tertiary alicyclic amines) is 1. The Hall–Kier alpha value is -3.95. The molecule has 2 atom stereocenters. The van der Waals surface area contributed by atoms with Crippen LogP contribution in [0, 0.1) is 0 Å². The summed E-state index contributed by atoms with van der Waals surface area (Å²) in [7, 11) is 0. The minimum absolute atomic E-state index is 0.168. The lowest BCUT2D eigenvalue weighted by atomic mass is 9.94. The Labute approximate surface area is 243 Å². The molecule has 2 aromatic carbocycles. The standard InChI is InChI=1S/C31H33ClN4O5/c1-31(2,3)41-30(39)36-17-19(9-10-20(36)18-37)35-27-24-13-14-33-26(24)16-34-28(27)29(38)23-12-11-22(15-25(23)32)40-21-7-5-4-6-8-21/h4-8,11-15,19-20,33,37H,9-10,16-18H2,1-3H3. The summed E-state index contributed by atoms with van der Waals surface area (Å²) in [6.07, 6.45) is 2.47. The molecule has 41 heavy (non-hydrogen) atoms. The number of aliphatic imine (C=N–C) groups is 2. The number of aliphatic hydroxyl groups excluding tert-OH is 1. The Morgan fingerprint density at radius 1 is 1.12 bits per heavy atom. The number of fused-ring (bicyclic) bond motifs is 1. The zero-order chi connectivity index (χ0) is 29.1. The van der Waals surface area contributed by atoms with Gasteiger partial charge in [-0.25, -0.2) is 4.79 Å². The lowest BCUT2D eigenvalue weighted by Gasteiger charge is -2.38. The van der Waals surface area contributed by atoms with Crippen LogP contribution in [0.3, 0.4) is 0 Å². The summed E-state index contributed by atoms with van der Waals surface area (Å²) in [6, 6.07) is 15.4. The summed E-state index contributed by atoms with van der Waals surface area (Å²) in [5.41, 5.74) is 1.92. The van der Waals surface area contributed by atoms with Crippen molar-refractivity contribution in [2.45, 2.75) is 57.8 Å². The average Bonchev–Trinajstić information content (AvgIpc) is 3.42. The Morgan fingerprint density at radius 2 is 1.90 bits per heavy atom. The van der Waals surface area contributed by atoms with Crippen LogP contribution in [0.5, 0.6) is 11.5 Å². The highest BCUT2D eigenvalue weighted by Crippen LogP contribution is 2.29. The van der Waals surface area contributed by atoms with E-state index in [0.717, 1.165) is 11.3 Å². The highest BCUT2D eigenvalue weighted by atomic mass is 35.5. The number of Topliss-reactive ketones (excluding diaryl/α,β-unsaturated/α-hetero) is 1. The minimum Gasteiger partial charge on any atom is -0.457 e. The number of para-hydroxylation sites is 1. The number of H-pyrrole nitrogens is 1. The fraction of sp³-hybridized carbons (Fsp3) is 0.355. The summed E-state index contributed by atoms with van der Waals surface area (Å²) in [4.78, 5) is 41.1. The molecule has 2 unspecified atom stereocenters. The Balaban J connectivity index is 1.42. The molecule has 9 nitrogen and oxygen atoms in total. The van der Waals surface area contributed by atoms with Gasteiger partial charge in [-0.05, 0) is 63.9 Å². The first-order valence-electron chi connectivity index (χ1n) is 13.6. The van der Waals surface area contributed by atoms with Gasteiger partial charge in [-0.15, -0.1) is 0 Å². The van der Waals surface area contributed by atoms with Gasteiger partial charge >= 0.3 is 6.09 Å². The molecule has 2 aliphatic rings. The quantitative estimate of drug-likeness (QED) is 0.357. The van der Waals surface area contributed by atoms with Crippen LogP contribution in [0.4, 0.5) is 4.79 Å². The van der Waals surface area contributed by atoms with Crippen LogP contribution in [0.15, 0.2) is 70.8 Å². The number of aromatic amines is 1. The van der Waals surface area contributed by atoms with Crippen molar-refractivity contribution in [3.8, 4) is 11.5 Å². The van der Waals surface area contributed by atoms with Crippen molar-refractivity contribution in [2.24, 2.45) is 9.98 Å². The van der Waals surface area contributed by atoms with Crippen molar-refractivity contribution in [1.29, 1.82) is 0 Å². The summed E-state index contributed by atoms with van der Waals surface area (Å²) in [5.74, 6) is 0.818.